The molecular formula is C21H22BrCl2F2NO4. The van der Waals surface area contributed by atoms with Gasteiger partial charge in [0, 0.05) is 12.6 Å². The fourth-order valence-corrected chi connectivity index (χ4v) is 3.94. The first-order valence-electron chi connectivity index (χ1n) is 9.74. The number of rotatable bonds is 10. The third-order valence-electron chi connectivity index (χ3n) is 5.01. The molecule has 2 atom stereocenters. The number of alkyl halides is 4. The molecule has 0 aromatic heterocycles. The van der Waals surface area contributed by atoms with Crippen LogP contribution in [0.1, 0.15) is 37.9 Å². The Hall–Kier alpha value is -1.38. The average molecular weight is 541 g/mol. The number of ether oxygens (including phenoxy) is 3. The van der Waals surface area contributed by atoms with Gasteiger partial charge in [-0.3, -0.25) is 9.79 Å². The Labute approximate surface area is 197 Å². The number of hydrogen-bond donors (Lipinski definition) is 0. The fraction of sp³-hybridized carbons (Fsp3) is 0.524. The second-order valence-corrected chi connectivity index (χ2v) is 9.45. The molecule has 10 heteroatoms. The number of aliphatic imine (C=N–C) groups is 1. The molecule has 31 heavy (non-hydrogen) atoms. The zero-order chi connectivity index (χ0) is 22.6. The summed E-state index contributed by atoms with van der Waals surface area (Å²) < 4.78 is 41.6. The van der Waals surface area contributed by atoms with E-state index >= 15 is 0 Å². The van der Waals surface area contributed by atoms with Gasteiger partial charge in [-0.2, -0.15) is 8.78 Å². The Kier molecular flexibility index (Phi) is 8.21. The van der Waals surface area contributed by atoms with E-state index in [0.29, 0.717) is 35.2 Å². The van der Waals surface area contributed by atoms with Crippen LogP contribution in [-0.4, -0.2) is 42.2 Å². The molecule has 0 amide bonds. The van der Waals surface area contributed by atoms with Gasteiger partial charge in [-0.25, -0.2) is 0 Å². The summed E-state index contributed by atoms with van der Waals surface area (Å²) in [5.41, 5.74) is 1.22. The number of carbonyl (C=O) groups is 1. The number of halogens is 5. The largest absolute Gasteiger partial charge is 0.489 e. The summed E-state index contributed by atoms with van der Waals surface area (Å²) in [6.45, 7) is -0.465. The van der Waals surface area contributed by atoms with E-state index in [2.05, 4.69) is 25.7 Å². The smallest absolute Gasteiger partial charge is 0.387 e. The van der Waals surface area contributed by atoms with Crippen molar-refractivity contribution in [1.82, 2.24) is 0 Å². The lowest BCUT2D eigenvalue weighted by Gasteiger charge is -2.30. The maximum Gasteiger partial charge on any atom is 0.387 e. The molecule has 5 nitrogen and oxygen atoms in total. The maximum absolute atomic E-state index is 12.8. The van der Waals surface area contributed by atoms with Gasteiger partial charge in [0.05, 0.1) is 23.1 Å². The van der Waals surface area contributed by atoms with E-state index in [0.717, 1.165) is 12.8 Å². The van der Waals surface area contributed by atoms with Crippen LogP contribution in [0.25, 0.3) is 0 Å². The van der Waals surface area contributed by atoms with Gasteiger partial charge in [0.25, 0.3) is 0 Å². The van der Waals surface area contributed by atoms with Gasteiger partial charge in [-0.1, -0.05) is 33.6 Å². The first kappa shape index (κ1) is 24.3. The molecule has 170 valence electrons. The zero-order valence-corrected chi connectivity index (χ0v) is 19.9. The van der Waals surface area contributed by atoms with Crippen LogP contribution in [0, 0.1) is 5.92 Å². The molecule has 1 aliphatic carbocycles. The Balaban J connectivity index is 1.92. The van der Waals surface area contributed by atoms with Crippen molar-refractivity contribution in [2.45, 2.75) is 43.8 Å². The summed E-state index contributed by atoms with van der Waals surface area (Å²) in [6, 6.07) is 4.50. The molecule has 1 fully saturated rings. The van der Waals surface area contributed by atoms with Gasteiger partial charge in [0.15, 0.2) is 11.5 Å². The minimum Gasteiger partial charge on any atom is -0.489 e. The number of benzene rings is 1. The minimum atomic E-state index is -2.99. The summed E-state index contributed by atoms with van der Waals surface area (Å²) in [5, 5.41) is 0.375. The number of allylic oxidation sites excluding steroid dienone is 1. The van der Waals surface area contributed by atoms with Gasteiger partial charge in [-0.05, 0) is 49.0 Å². The van der Waals surface area contributed by atoms with E-state index in [1.807, 2.05) is 0 Å². The summed E-state index contributed by atoms with van der Waals surface area (Å²) >= 11 is 16.0. The summed E-state index contributed by atoms with van der Waals surface area (Å²) in [4.78, 5) is 15.4. The highest BCUT2D eigenvalue weighted by atomic mass is 79.9. The van der Waals surface area contributed by atoms with Crippen LogP contribution < -0.4 is 9.47 Å². The quantitative estimate of drug-likeness (QED) is 0.269. The van der Waals surface area contributed by atoms with Crippen molar-refractivity contribution in [2.24, 2.45) is 10.9 Å². The van der Waals surface area contributed by atoms with Crippen LogP contribution >= 0.6 is 39.1 Å². The Bertz CT molecular complexity index is 875. The standard InChI is InChI=1S/C21H22BrCl2F2NO4/c1-21(24)11-27-9-15(23)14(21)7-17(30-19(28)8-22)13-4-5-16(31-20(25)26)18(6-13)29-10-12-2-3-12/h4-6,9,12,17,20H,2-3,7-8,10-11H2,1H3/t17-,21?/m0/s1. The maximum atomic E-state index is 12.8. The second kappa shape index (κ2) is 10.5. The van der Waals surface area contributed by atoms with Crippen molar-refractivity contribution < 1.29 is 27.8 Å². The molecule has 1 unspecified atom stereocenters. The van der Waals surface area contributed by atoms with E-state index in [1.54, 1.807) is 19.1 Å². The molecule has 0 N–H and O–H groups in total. The lowest BCUT2D eigenvalue weighted by molar-refractivity contribution is -0.146. The summed E-state index contributed by atoms with van der Waals surface area (Å²) in [7, 11) is 0. The van der Waals surface area contributed by atoms with Crippen molar-refractivity contribution >= 4 is 51.3 Å². The van der Waals surface area contributed by atoms with Crippen LogP contribution in [0.2, 0.25) is 0 Å². The normalized spacial score (nSPS) is 21.9. The van der Waals surface area contributed by atoms with Crippen LogP contribution in [-0.2, 0) is 9.53 Å². The molecule has 1 saturated carbocycles. The number of nitrogens with zero attached hydrogens (tertiary/aromatic N) is 1. The SMILES string of the molecule is CC1(Cl)CN=CC(Cl)=C1C[C@H](OC(=O)CBr)c1ccc(OC(F)F)c(OCC2CC2)c1. The molecular weight excluding hydrogens is 519 g/mol. The first-order chi connectivity index (χ1) is 14.7. The lowest BCUT2D eigenvalue weighted by atomic mass is 9.90. The number of hydrogen-bond acceptors (Lipinski definition) is 5. The average Bonchev–Trinajstić information content (AvgIpc) is 3.53. The van der Waals surface area contributed by atoms with E-state index in [4.69, 9.17) is 32.7 Å². The van der Waals surface area contributed by atoms with Crippen molar-refractivity contribution in [3.63, 3.8) is 0 Å². The highest BCUT2D eigenvalue weighted by Crippen LogP contribution is 2.41. The Morgan fingerprint density at radius 2 is 2.10 bits per heavy atom. The van der Waals surface area contributed by atoms with E-state index < -0.39 is 23.6 Å². The summed E-state index contributed by atoms with van der Waals surface area (Å²) in [6.07, 6.45) is 3.05. The lowest BCUT2D eigenvalue weighted by Crippen LogP contribution is -2.29. The molecule has 0 bridgehead atoms. The second-order valence-electron chi connectivity index (χ2n) is 7.65. The van der Waals surface area contributed by atoms with Gasteiger partial charge < -0.3 is 14.2 Å². The molecule has 3 rings (SSSR count). The fourth-order valence-electron chi connectivity index (χ4n) is 3.16. The Morgan fingerprint density at radius 1 is 1.35 bits per heavy atom. The van der Waals surface area contributed by atoms with Crippen molar-refractivity contribution in [2.75, 3.05) is 18.5 Å². The van der Waals surface area contributed by atoms with Gasteiger partial charge in [-0.15, -0.1) is 11.6 Å². The number of esters is 1. The highest BCUT2D eigenvalue weighted by molar-refractivity contribution is 9.09. The van der Waals surface area contributed by atoms with E-state index in [-0.39, 0.29) is 23.2 Å². The molecule has 2 aliphatic rings. The monoisotopic (exact) mass is 539 g/mol. The molecule has 0 spiro atoms. The number of dihydropyridines is 1. The predicted octanol–water partition coefficient (Wildman–Crippen LogP) is 6.02. The van der Waals surface area contributed by atoms with Crippen molar-refractivity contribution in [3.05, 3.63) is 34.4 Å². The molecule has 0 radical (unpaired) electrons. The van der Waals surface area contributed by atoms with Crippen LogP contribution in [0.15, 0.2) is 33.8 Å². The predicted molar refractivity (Wildman–Crippen MR) is 119 cm³/mol. The Morgan fingerprint density at radius 3 is 2.71 bits per heavy atom. The third-order valence-corrected chi connectivity index (χ3v) is 6.14. The molecule has 1 aromatic carbocycles. The van der Waals surface area contributed by atoms with Crippen LogP contribution in [0.5, 0.6) is 11.5 Å². The van der Waals surface area contributed by atoms with E-state index in [1.165, 1.54) is 12.3 Å². The molecule has 1 aromatic rings. The topological polar surface area (TPSA) is 57.1 Å². The van der Waals surface area contributed by atoms with Crippen LogP contribution in [0.3, 0.4) is 0 Å². The number of carbonyl (C=O) groups excluding carboxylic acids is 1. The van der Waals surface area contributed by atoms with Crippen molar-refractivity contribution in [3.8, 4) is 11.5 Å². The van der Waals surface area contributed by atoms with Gasteiger partial charge in [0.2, 0.25) is 0 Å². The first-order valence-corrected chi connectivity index (χ1v) is 11.6. The van der Waals surface area contributed by atoms with Gasteiger partial charge >= 0.3 is 12.6 Å². The molecule has 1 aliphatic heterocycles. The molecule has 1 heterocycles. The molecule has 0 saturated heterocycles. The minimum absolute atomic E-state index is 0.00645. The van der Waals surface area contributed by atoms with Crippen LogP contribution in [0.4, 0.5) is 8.78 Å². The van der Waals surface area contributed by atoms with E-state index in [9.17, 15) is 13.6 Å². The van der Waals surface area contributed by atoms with Gasteiger partial charge in [0.1, 0.15) is 11.4 Å². The zero-order valence-electron chi connectivity index (χ0n) is 16.8. The highest BCUT2D eigenvalue weighted by Gasteiger charge is 2.34. The van der Waals surface area contributed by atoms with Crippen molar-refractivity contribution in [1.29, 1.82) is 0 Å². The third kappa shape index (κ3) is 6.80. The summed E-state index contributed by atoms with van der Waals surface area (Å²) in [5.74, 6) is 0.0149.